The molecule has 7 heteroatoms. The number of amides is 1. The van der Waals surface area contributed by atoms with Gasteiger partial charge < -0.3 is 5.32 Å². The van der Waals surface area contributed by atoms with Gasteiger partial charge in [-0.2, -0.15) is 0 Å². The molecule has 2 heterocycles. The lowest BCUT2D eigenvalue weighted by Crippen LogP contribution is -2.62. The van der Waals surface area contributed by atoms with Crippen LogP contribution in [0, 0.1) is 5.41 Å². The van der Waals surface area contributed by atoms with E-state index in [0.29, 0.717) is 5.92 Å². The Balaban J connectivity index is 2.10. The Hall–Kier alpha value is -2.15. The largest absolute Gasteiger partial charge is 0.343 e. The number of carbonyl (C=O) groups excluding carboxylic acids is 1. The van der Waals surface area contributed by atoms with Crippen LogP contribution >= 0.6 is 11.3 Å². The highest BCUT2D eigenvalue weighted by Gasteiger charge is 2.49. The minimum Gasteiger partial charge on any atom is -0.343 e. The zero-order chi connectivity index (χ0) is 18.4. The molecular formula is C18H23BN4OS. The first-order chi connectivity index (χ1) is 11.7. The molecule has 1 fully saturated rings. The van der Waals surface area contributed by atoms with Gasteiger partial charge in [0.1, 0.15) is 10.5 Å². The van der Waals surface area contributed by atoms with Gasteiger partial charge in [0, 0.05) is 18.0 Å². The van der Waals surface area contributed by atoms with Crippen LogP contribution in [-0.4, -0.2) is 36.6 Å². The van der Waals surface area contributed by atoms with E-state index in [2.05, 4.69) is 36.3 Å². The summed E-state index contributed by atoms with van der Waals surface area (Å²) in [4.78, 5) is 19.1. The van der Waals surface area contributed by atoms with Gasteiger partial charge in [-0.1, -0.05) is 38.1 Å². The summed E-state index contributed by atoms with van der Waals surface area (Å²) in [6, 6.07) is 8.23. The molecule has 0 radical (unpaired) electrons. The molecule has 3 rings (SSSR count). The average molecular weight is 354 g/mol. The molecule has 1 aliphatic rings. The van der Waals surface area contributed by atoms with Crippen LogP contribution in [0.2, 0.25) is 0 Å². The number of nitrogens with zero attached hydrogens (tertiary/aromatic N) is 2. The number of carbonyl (C=O) groups is 1. The fourth-order valence-corrected chi connectivity index (χ4v) is 4.22. The van der Waals surface area contributed by atoms with E-state index in [-0.39, 0.29) is 11.9 Å². The predicted molar refractivity (Wildman–Crippen MR) is 105 cm³/mol. The van der Waals surface area contributed by atoms with Crippen molar-refractivity contribution < 1.29 is 4.79 Å². The van der Waals surface area contributed by atoms with Crippen LogP contribution in [0.5, 0.6) is 0 Å². The summed E-state index contributed by atoms with van der Waals surface area (Å²) >= 11 is 1.53. The number of hydrogen-bond donors (Lipinski definition) is 2. The van der Waals surface area contributed by atoms with Crippen molar-refractivity contribution in [2.24, 2.45) is 0 Å². The molecular weight excluding hydrogens is 331 g/mol. The van der Waals surface area contributed by atoms with Gasteiger partial charge in [-0.05, 0) is 24.0 Å². The van der Waals surface area contributed by atoms with E-state index in [9.17, 15) is 4.79 Å². The zero-order valence-electron chi connectivity index (χ0n) is 15.3. The lowest BCUT2D eigenvalue weighted by atomic mass is 9.78. The number of rotatable bonds is 3. The number of thiazole rings is 1. The molecule has 1 aliphatic heterocycles. The van der Waals surface area contributed by atoms with Crippen LogP contribution in [0.25, 0.3) is 0 Å². The molecule has 2 atom stereocenters. The van der Waals surface area contributed by atoms with Crippen molar-refractivity contribution in [2.75, 3.05) is 7.05 Å². The highest BCUT2D eigenvalue weighted by molar-refractivity contribution is 7.10. The summed E-state index contributed by atoms with van der Waals surface area (Å²) in [7, 11) is 3.58. The van der Waals surface area contributed by atoms with Crippen LogP contribution in [0.1, 0.15) is 48.7 Å². The first-order valence-electron chi connectivity index (χ1n) is 8.41. The SMILES string of the molecule is Bc1csc([C@@]2(C)NC(=N)N(C)C(=O)[C@@H]2c2ccc(C(C)C)cc2)n1. The Morgan fingerprint density at radius 2 is 2.00 bits per heavy atom. The molecule has 1 saturated heterocycles. The molecule has 1 aromatic heterocycles. The second-order valence-corrected chi connectivity index (χ2v) is 7.98. The monoisotopic (exact) mass is 354 g/mol. The first kappa shape index (κ1) is 17.7. The fourth-order valence-electron chi connectivity index (χ4n) is 3.27. The van der Waals surface area contributed by atoms with Gasteiger partial charge in [0.15, 0.2) is 13.8 Å². The van der Waals surface area contributed by atoms with Gasteiger partial charge in [0.2, 0.25) is 5.91 Å². The summed E-state index contributed by atoms with van der Waals surface area (Å²) in [6.45, 7) is 6.27. The topological polar surface area (TPSA) is 69.1 Å². The lowest BCUT2D eigenvalue weighted by Gasteiger charge is -2.44. The molecule has 130 valence electrons. The minimum absolute atomic E-state index is 0.0867. The van der Waals surface area contributed by atoms with E-state index in [1.807, 2.05) is 32.3 Å². The van der Waals surface area contributed by atoms with Gasteiger partial charge in [0.25, 0.3) is 0 Å². The fraction of sp³-hybridized carbons (Fsp3) is 0.389. The summed E-state index contributed by atoms with van der Waals surface area (Å²) in [5, 5.41) is 14.2. The third kappa shape index (κ3) is 2.97. The van der Waals surface area contributed by atoms with Gasteiger partial charge >= 0.3 is 0 Å². The summed E-state index contributed by atoms with van der Waals surface area (Å²) in [6.07, 6.45) is 0. The standard InChI is InChI=1S/C18H23BN4OS/c1-10(2)11-5-7-12(8-6-11)14-15(24)23(4)17(20)22-18(14,3)16-21-13(19)9-25-16/h5-10,14H,19H2,1-4H3,(H2,20,22)/t14-,18-/m0/s1. The molecule has 1 amide bonds. The normalized spacial score (nSPS) is 23.9. The van der Waals surface area contributed by atoms with Crippen LogP contribution in [0.4, 0.5) is 0 Å². The number of nitrogens with one attached hydrogen (secondary N) is 2. The molecule has 1 aromatic carbocycles. The van der Waals surface area contributed by atoms with Crippen LogP contribution in [0.15, 0.2) is 29.6 Å². The smallest absolute Gasteiger partial charge is 0.239 e. The van der Waals surface area contributed by atoms with Crippen molar-refractivity contribution in [1.29, 1.82) is 5.41 Å². The van der Waals surface area contributed by atoms with Crippen molar-refractivity contribution in [3.63, 3.8) is 0 Å². The van der Waals surface area contributed by atoms with Gasteiger partial charge in [-0.25, -0.2) is 0 Å². The first-order valence-corrected chi connectivity index (χ1v) is 9.28. The zero-order valence-corrected chi connectivity index (χ0v) is 16.1. The molecule has 0 saturated carbocycles. The predicted octanol–water partition coefficient (Wildman–Crippen LogP) is 1.52. The Bertz CT molecular complexity index is 817. The maximum absolute atomic E-state index is 13.1. The molecule has 0 aliphatic carbocycles. The summed E-state index contributed by atoms with van der Waals surface area (Å²) in [5.74, 6) is 0.0308. The van der Waals surface area contributed by atoms with Crippen LogP contribution in [-0.2, 0) is 10.3 Å². The molecule has 2 aromatic rings. The van der Waals surface area contributed by atoms with E-state index >= 15 is 0 Å². The molecule has 0 unspecified atom stereocenters. The molecule has 5 nitrogen and oxygen atoms in total. The minimum atomic E-state index is -0.737. The maximum atomic E-state index is 13.1. The Kier molecular flexibility index (Phi) is 4.45. The average Bonchev–Trinajstić information content (AvgIpc) is 3.00. The van der Waals surface area contributed by atoms with Crippen molar-refractivity contribution >= 4 is 36.6 Å². The van der Waals surface area contributed by atoms with E-state index in [1.165, 1.54) is 21.8 Å². The van der Waals surface area contributed by atoms with E-state index in [1.54, 1.807) is 7.05 Å². The number of likely N-dealkylation sites (N-methyl/N-ethyl adjacent to an activating group) is 1. The summed E-state index contributed by atoms with van der Waals surface area (Å²) in [5.41, 5.74) is 2.37. The molecule has 25 heavy (non-hydrogen) atoms. The lowest BCUT2D eigenvalue weighted by molar-refractivity contribution is -0.131. The van der Waals surface area contributed by atoms with Crippen LogP contribution in [0.3, 0.4) is 0 Å². The van der Waals surface area contributed by atoms with Gasteiger partial charge in [0.05, 0.1) is 5.92 Å². The Morgan fingerprint density at radius 1 is 1.36 bits per heavy atom. The van der Waals surface area contributed by atoms with Crippen molar-refractivity contribution in [3.8, 4) is 0 Å². The Morgan fingerprint density at radius 3 is 2.52 bits per heavy atom. The quantitative estimate of drug-likeness (QED) is 0.822. The highest BCUT2D eigenvalue weighted by atomic mass is 32.1. The van der Waals surface area contributed by atoms with Crippen molar-refractivity contribution in [1.82, 2.24) is 15.2 Å². The van der Waals surface area contributed by atoms with E-state index < -0.39 is 11.5 Å². The maximum Gasteiger partial charge on any atom is 0.239 e. The van der Waals surface area contributed by atoms with Crippen molar-refractivity contribution in [2.45, 2.75) is 38.1 Å². The van der Waals surface area contributed by atoms with E-state index in [4.69, 9.17) is 5.41 Å². The van der Waals surface area contributed by atoms with E-state index in [0.717, 1.165) is 16.2 Å². The van der Waals surface area contributed by atoms with Crippen LogP contribution < -0.4 is 10.9 Å². The number of guanidine groups is 1. The Labute approximate surface area is 153 Å². The number of benzene rings is 1. The second kappa shape index (κ2) is 6.30. The van der Waals surface area contributed by atoms with Gasteiger partial charge in [-0.3, -0.25) is 20.1 Å². The third-order valence-corrected chi connectivity index (χ3v) is 6.07. The third-order valence-electron chi connectivity index (χ3n) is 4.87. The second-order valence-electron chi connectivity index (χ2n) is 7.12. The van der Waals surface area contributed by atoms with Gasteiger partial charge in [-0.15, -0.1) is 11.3 Å². The molecule has 0 spiro atoms. The number of hydrogen-bond acceptors (Lipinski definition) is 4. The molecule has 2 N–H and O–H groups in total. The summed E-state index contributed by atoms with van der Waals surface area (Å²) < 4.78 is 0. The van der Waals surface area contributed by atoms with Crippen molar-refractivity contribution in [3.05, 3.63) is 45.8 Å². The highest BCUT2D eigenvalue weighted by Crippen LogP contribution is 2.41. The molecule has 0 bridgehead atoms. The number of aromatic nitrogens is 1.